The molecular formula is C16H21N5O3. The predicted molar refractivity (Wildman–Crippen MR) is 90.0 cm³/mol. The number of amides is 1. The molecule has 2 aromatic rings. The first-order valence-corrected chi connectivity index (χ1v) is 7.72. The predicted octanol–water partition coefficient (Wildman–Crippen LogP) is 1.88. The van der Waals surface area contributed by atoms with E-state index >= 15 is 0 Å². The van der Waals surface area contributed by atoms with Gasteiger partial charge in [-0.2, -0.15) is 5.10 Å². The number of nitrogens with one attached hydrogen (secondary N) is 1. The molecule has 1 aromatic carbocycles. The van der Waals surface area contributed by atoms with Gasteiger partial charge in [0.05, 0.1) is 10.6 Å². The van der Waals surface area contributed by atoms with Crippen LogP contribution in [0.1, 0.15) is 30.8 Å². The van der Waals surface area contributed by atoms with Crippen LogP contribution in [0.4, 0.5) is 5.69 Å². The van der Waals surface area contributed by atoms with Crippen LogP contribution in [0.15, 0.2) is 36.5 Å². The van der Waals surface area contributed by atoms with E-state index in [9.17, 15) is 14.9 Å². The Morgan fingerprint density at radius 2 is 2.00 bits per heavy atom. The second-order valence-electron chi connectivity index (χ2n) is 5.95. The average Bonchev–Trinajstić information content (AvgIpc) is 3.04. The highest BCUT2D eigenvalue weighted by Gasteiger charge is 2.16. The van der Waals surface area contributed by atoms with Crippen LogP contribution in [0.2, 0.25) is 0 Å². The van der Waals surface area contributed by atoms with Crippen molar-refractivity contribution in [3.05, 3.63) is 52.3 Å². The van der Waals surface area contributed by atoms with Crippen molar-refractivity contribution < 1.29 is 9.72 Å². The number of carbonyl (C=O) groups is 1. The fourth-order valence-electron chi connectivity index (χ4n) is 2.36. The third-order valence-electron chi connectivity index (χ3n) is 3.52. The fourth-order valence-corrected chi connectivity index (χ4v) is 2.36. The van der Waals surface area contributed by atoms with Crippen LogP contribution in [0.5, 0.6) is 0 Å². The first-order chi connectivity index (χ1) is 11.4. The largest absolute Gasteiger partial charge is 0.347 e. The molecule has 0 saturated carbocycles. The van der Waals surface area contributed by atoms with Crippen LogP contribution in [0, 0.1) is 16.0 Å². The molecule has 0 saturated heterocycles. The molecule has 1 unspecified atom stereocenters. The summed E-state index contributed by atoms with van der Waals surface area (Å²) < 4.78 is 1.50. The van der Waals surface area contributed by atoms with Gasteiger partial charge in [-0.05, 0) is 30.5 Å². The Hall–Kier alpha value is -2.74. The summed E-state index contributed by atoms with van der Waals surface area (Å²) in [5.74, 6) is 0.142. The summed E-state index contributed by atoms with van der Waals surface area (Å²) in [6.45, 7) is 4.50. The Morgan fingerprint density at radius 1 is 1.33 bits per heavy atom. The van der Waals surface area contributed by atoms with Gasteiger partial charge in [-0.3, -0.25) is 14.9 Å². The van der Waals surface area contributed by atoms with Crippen LogP contribution in [0.25, 0.3) is 5.69 Å². The number of benzene rings is 1. The number of nitro groups is 1. The first-order valence-electron chi connectivity index (χ1n) is 7.72. The zero-order chi connectivity index (χ0) is 17.7. The summed E-state index contributed by atoms with van der Waals surface area (Å²) >= 11 is 0. The molecule has 0 fully saturated rings. The van der Waals surface area contributed by atoms with Crippen molar-refractivity contribution in [1.82, 2.24) is 15.1 Å². The lowest BCUT2D eigenvalue weighted by Gasteiger charge is -2.18. The molecule has 0 radical (unpaired) electrons. The highest BCUT2D eigenvalue weighted by atomic mass is 16.6. The molecule has 128 valence electrons. The minimum Gasteiger partial charge on any atom is -0.347 e. The molecule has 1 aromatic heterocycles. The number of rotatable bonds is 7. The zero-order valence-electron chi connectivity index (χ0n) is 13.7. The second kappa shape index (κ2) is 7.69. The van der Waals surface area contributed by atoms with Crippen LogP contribution in [0.3, 0.4) is 0 Å². The lowest BCUT2D eigenvalue weighted by molar-refractivity contribution is -0.384. The summed E-state index contributed by atoms with van der Waals surface area (Å²) in [5.41, 5.74) is 6.60. The van der Waals surface area contributed by atoms with Crippen molar-refractivity contribution in [1.29, 1.82) is 0 Å². The fraction of sp³-hybridized carbons (Fsp3) is 0.375. The highest BCUT2D eigenvalue weighted by molar-refractivity contribution is 5.92. The molecule has 3 N–H and O–H groups in total. The van der Waals surface area contributed by atoms with E-state index in [4.69, 9.17) is 5.73 Å². The van der Waals surface area contributed by atoms with Gasteiger partial charge in [0, 0.05) is 30.9 Å². The first kappa shape index (κ1) is 17.6. The van der Waals surface area contributed by atoms with Gasteiger partial charge >= 0.3 is 0 Å². The Kier molecular flexibility index (Phi) is 5.64. The van der Waals surface area contributed by atoms with Crippen molar-refractivity contribution in [2.75, 3.05) is 6.54 Å². The minimum atomic E-state index is -0.465. The number of nitrogens with zero attached hydrogens (tertiary/aromatic N) is 3. The smallest absolute Gasteiger partial charge is 0.272 e. The Bertz CT molecular complexity index is 709. The molecule has 1 atom stereocenters. The van der Waals surface area contributed by atoms with Gasteiger partial charge in [0.1, 0.15) is 0 Å². The topological polar surface area (TPSA) is 116 Å². The molecule has 0 aliphatic heterocycles. The van der Waals surface area contributed by atoms with E-state index in [2.05, 4.69) is 24.3 Å². The quantitative estimate of drug-likeness (QED) is 0.593. The van der Waals surface area contributed by atoms with E-state index in [0.717, 1.165) is 6.42 Å². The van der Waals surface area contributed by atoms with Gasteiger partial charge in [-0.25, -0.2) is 4.68 Å². The maximum Gasteiger partial charge on any atom is 0.272 e. The van der Waals surface area contributed by atoms with Crippen molar-refractivity contribution >= 4 is 11.6 Å². The average molecular weight is 331 g/mol. The van der Waals surface area contributed by atoms with E-state index < -0.39 is 4.92 Å². The number of carbonyl (C=O) groups excluding carboxylic acids is 1. The van der Waals surface area contributed by atoms with E-state index in [1.807, 2.05) is 0 Å². The van der Waals surface area contributed by atoms with E-state index in [0.29, 0.717) is 18.2 Å². The van der Waals surface area contributed by atoms with Crippen LogP contribution in [-0.2, 0) is 0 Å². The Labute approximate surface area is 139 Å². The number of hydrogen-bond acceptors (Lipinski definition) is 5. The monoisotopic (exact) mass is 331 g/mol. The highest BCUT2D eigenvalue weighted by Crippen LogP contribution is 2.15. The van der Waals surface area contributed by atoms with E-state index in [1.165, 1.54) is 16.8 Å². The summed E-state index contributed by atoms with van der Waals surface area (Å²) in [6, 6.07) is 7.44. The normalized spacial score (nSPS) is 12.2. The summed E-state index contributed by atoms with van der Waals surface area (Å²) in [6.07, 6.45) is 2.43. The van der Waals surface area contributed by atoms with Gasteiger partial charge in [0.2, 0.25) is 0 Å². The number of aromatic nitrogens is 2. The van der Waals surface area contributed by atoms with Crippen molar-refractivity contribution in [3.8, 4) is 5.69 Å². The van der Waals surface area contributed by atoms with Crippen LogP contribution in [-0.4, -0.2) is 33.2 Å². The third-order valence-corrected chi connectivity index (χ3v) is 3.52. The number of nitrogens with two attached hydrogens (primary N) is 1. The molecule has 0 bridgehead atoms. The van der Waals surface area contributed by atoms with Gasteiger partial charge in [0.25, 0.3) is 11.6 Å². The molecule has 8 nitrogen and oxygen atoms in total. The lowest BCUT2D eigenvalue weighted by atomic mass is 10.0. The van der Waals surface area contributed by atoms with Crippen molar-refractivity contribution in [2.24, 2.45) is 11.7 Å². The molecule has 0 aliphatic carbocycles. The van der Waals surface area contributed by atoms with Crippen LogP contribution < -0.4 is 11.1 Å². The van der Waals surface area contributed by atoms with Gasteiger partial charge in [0.15, 0.2) is 5.69 Å². The number of nitro benzene ring substituents is 1. The summed E-state index contributed by atoms with van der Waals surface area (Å²) in [5, 5.41) is 17.8. The number of non-ortho nitro benzene ring substituents is 1. The van der Waals surface area contributed by atoms with E-state index in [1.54, 1.807) is 24.4 Å². The Balaban J connectivity index is 2.09. The zero-order valence-corrected chi connectivity index (χ0v) is 13.7. The van der Waals surface area contributed by atoms with Crippen LogP contribution >= 0.6 is 0 Å². The summed E-state index contributed by atoms with van der Waals surface area (Å²) in [7, 11) is 0. The van der Waals surface area contributed by atoms with Crippen molar-refractivity contribution in [2.45, 2.75) is 26.3 Å². The standard InChI is InChI=1S/C16H21N5O3/c1-11(2)9-12(10-17)18-16(22)15-7-8-20(19-15)13-3-5-14(6-4-13)21(23)24/h3-8,11-12H,9-10,17H2,1-2H3,(H,18,22). The maximum atomic E-state index is 12.3. The molecule has 0 spiro atoms. The number of hydrogen-bond donors (Lipinski definition) is 2. The maximum absolute atomic E-state index is 12.3. The van der Waals surface area contributed by atoms with Gasteiger partial charge in [-0.1, -0.05) is 13.8 Å². The molecule has 0 aliphatic rings. The summed E-state index contributed by atoms with van der Waals surface area (Å²) in [4.78, 5) is 22.5. The SMILES string of the molecule is CC(C)CC(CN)NC(=O)c1ccn(-c2ccc([N+](=O)[O-])cc2)n1. The minimum absolute atomic E-state index is 0.00310. The third kappa shape index (κ3) is 4.39. The molecule has 2 rings (SSSR count). The molecular weight excluding hydrogens is 310 g/mol. The lowest BCUT2D eigenvalue weighted by Crippen LogP contribution is -2.41. The molecule has 1 amide bonds. The second-order valence-corrected chi connectivity index (χ2v) is 5.95. The van der Waals surface area contributed by atoms with Crippen molar-refractivity contribution in [3.63, 3.8) is 0 Å². The van der Waals surface area contributed by atoms with E-state index in [-0.39, 0.29) is 23.3 Å². The molecule has 8 heteroatoms. The molecule has 1 heterocycles. The molecule has 24 heavy (non-hydrogen) atoms. The van der Waals surface area contributed by atoms with Gasteiger partial charge in [-0.15, -0.1) is 0 Å². The Morgan fingerprint density at radius 3 is 2.54 bits per heavy atom. The van der Waals surface area contributed by atoms with Gasteiger partial charge < -0.3 is 11.1 Å².